The van der Waals surface area contributed by atoms with E-state index in [0.717, 1.165) is 12.1 Å². The van der Waals surface area contributed by atoms with E-state index < -0.39 is 41.5 Å². The topological polar surface area (TPSA) is 58.6 Å². The molecule has 1 amide bonds. The van der Waals surface area contributed by atoms with Crippen LogP contribution in [0.1, 0.15) is 33.3 Å². The molecule has 0 saturated heterocycles. The van der Waals surface area contributed by atoms with E-state index in [-0.39, 0.29) is 5.56 Å². The Hall–Kier alpha value is -1.69. The summed E-state index contributed by atoms with van der Waals surface area (Å²) < 4.78 is 32.3. The highest BCUT2D eigenvalue weighted by atomic mass is 19.1. The Balaban J connectivity index is 2.86. The first-order valence-electron chi connectivity index (χ1n) is 6.21. The molecule has 112 valence electrons. The van der Waals surface area contributed by atoms with Crippen LogP contribution < -0.4 is 10.1 Å². The van der Waals surface area contributed by atoms with E-state index in [1.54, 1.807) is 20.8 Å². The maximum absolute atomic E-state index is 13.7. The Morgan fingerprint density at radius 2 is 1.85 bits per heavy atom. The number of aliphatic hydroxyl groups is 1. The first kappa shape index (κ1) is 16.4. The van der Waals surface area contributed by atoms with Crippen LogP contribution in [-0.2, 0) is 11.4 Å². The molecule has 0 aliphatic carbocycles. The van der Waals surface area contributed by atoms with Crippen molar-refractivity contribution in [2.24, 2.45) is 0 Å². The van der Waals surface area contributed by atoms with Gasteiger partial charge in [-0.05, 0) is 45.4 Å². The normalized spacial score (nSPS) is 12.9. The zero-order chi connectivity index (χ0) is 15.5. The molecule has 1 atom stereocenters. The van der Waals surface area contributed by atoms with Crippen molar-refractivity contribution in [2.75, 3.05) is 0 Å². The van der Waals surface area contributed by atoms with Gasteiger partial charge in [-0.1, -0.05) is 0 Å². The molecule has 4 nitrogen and oxygen atoms in total. The van der Waals surface area contributed by atoms with Crippen molar-refractivity contribution >= 4 is 5.91 Å². The van der Waals surface area contributed by atoms with Gasteiger partial charge in [0.2, 0.25) is 0 Å². The van der Waals surface area contributed by atoms with Crippen LogP contribution >= 0.6 is 0 Å². The summed E-state index contributed by atoms with van der Waals surface area (Å²) >= 11 is 0. The van der Waals surface area contributed by atoms with Crippen LogP contribution in [0, 0.1) is 11.6 Å². The summed E-state index contributed by atoms with van der Waals surface area (Å²) in [6, 6.07) is 1.93. The highest BCUT2D eigenvalue weighted by Crippen LogP contribution is 2.24. The molecule has 0 bridgehead atoms. The number of carbonyl (C=O) groups excluding carboxylic acids is 1. The number of hydrogen-bond donors (Lipinski definition) is 2. The van der Waals surface area contributed by atoms with Crippen LogP contribution in [-0.4, -0.2) is 22.7 Å². The lowest BCUT2D eigenvalue weighted by molar-refractivity contribution is -0.128. The maximum atomic E-state index is 13.7. The number of ether oxygens (including phenoxy) is 1. The number of aliphatic hydroxyl groups excluding tert-OH is 1. The lowest BCUT2D eigenvalue weighted by Gasteiger charge is -2.23. The van der Waals surface area contributed by atoms with Crippen molar-refractivity contribution < 1.29 is 23.4 Å². The lowest BCUT2D eigenvalue weighted by atomic mass is 10.1. The Morgan fingerprint density at radius 3 is 2.25 bits per heavy atom. The van der Waals surface area contributed by atoms with Crippen LogP contribution in [0.15, 0.2) is 12.1 Å². The van der Waals surface area contributed by atoms with Gasteiger partial charge in [-0.15, -0.1) is 0 Å². The molecule has 6 heteroatoms. The third kappa shape index (κ3) is 4.45. The Bertz CT molecular complexity index is 475. The van der Waals surface area contributed by atoms with Gasteiger partial charge in [-0.2, -0.15) is 0 Å². The Morgan fingerprint density at radius 1 is 1.35 bits per heavy atom. The predicted octanol–water partition coefficient (Wildman–Crippen LogP) is 2.14. The molecule has 0 aliphatic heterocycles. The summed E-state index contributed by atoms with van der Waals surface area (Å²) in [5.41, 5.74) is -0.369. The lowest BCUT2D eigenvalue weighted by Crippen LogP contribution is -2.46. The number of halogens is 2. The number of nitrogens with one attached hydrogen (secondary N) is 1. The number of carbonyl (C=O) groups is 1. The van der Waals surface area contributed by atoms with E-state index in [1.807, 2.05) is 0 Å². The largest absolute Gasteiger partial charge is 0.475 e. The molecule has 0 saturated carbocycles. The summed E-state index contributed by atoms with van der Waals surface area (Å²) in [7, 11) is 0. The van der Waals surface area contributed by atoms with Gasteiger partial charge >= 0.3 is 0 Å². The van der Waals surface area contributed by atoms with E-state index in [9.17, 15) is 13.6 Å². The van der Waals surface area contributed by atoms with Crippen molar-refractivity contribution in [1.82, 2.24) is 5.32 Å². The predicted molar refractivity (Wildman–Crippen MR) is 70.3 cm³/mol. The van der Waals surface area contributed by atoms with Crippen LogP contribution in [0.5, 0.6) is 5.75 Å². The first-order chi connectivity index (χ1) is 9.14. The molecule has 0 spiro atoms. The van der Waals surface area contributed by atoms with Gasteiger partial charge in [0, 0.05) is 5.54 Å². The quantitative estimate of drug-likeness (QED) is 0.892. The van der Waals surface area contributed by atoms with Gasteiger partial charge in [0.05, 0.1) is 6.61 Å². The molecule has 0 aromatic heterocycles. The molecular formula is C14H19F2NO3. The van der Waals surface area contributed by atoms with Crippen molar-refractivity contribution in [3.63, 3.8) is 0 Å². The first-order valence-corrected chi connectivity index (χ1v) is 6.21. The van der Waals surface area contributed by atoms with E-state index in [1.165, 1.54) is 6.92 Å². The molecule has 0 radical (unpaired) electrons. The zero-order valence-corrected chi connectivity index (χ0v) is 12.0. The monoisotopic (exact) mass is 287 g/mol. The van der Waals surface area contributed by atoms with E-state index in [4.69, 9.17) is 9.84 Å². The average molecular weight is 287 g/mol. The summed E-state index contributed by atoms with van der Waals surface area (Å²) in [6.45, 7) is 6.28. The smallest absolute Gasteiger partial charge is 0.261 e. The average Bonchev–Trinajstić information content (AvgIpc) is 2.30. The fourth-order valence-electron chi connectivity index (χ4n) is 1.52. The molecule has 0 heterocycles. The van der Waals surface area contributed by atoms with E-state index >= 15 is 0 Å². The standard InChI is InChI=1S/C14H19F2NO3/c1-8(13(19)17-14(2,3)4)20-12-10(15)5-9(7-18)6-11(12)16/h5-6,8,18H,7H2,1-4H3,(H,17,19). The number of amides is 1. The summed E-state index contributed by atoms with van der Waals surface area (Å²) in [6.07, 6.45) is -1.04. The number of hydrogen-bond acceptors (Lipinski definition) is 3. The second kappa shape index (κ2) is 6.17. The Kier molecular flexibility index (Phi) is 5.05. The van der Waals surface area contributed by atoms with Gasteiger partial charge in [0.1, 0.15) is 0 Å². The molecule has 20 heavy (non-hydrogen) atoms. The minimum Gasteiger partial charge on any atom is -0.475 e. The SMILES string of the molecule is CC(Oc1c(F)cc(CO)cc1F)C(=O)NC(C)(C)C. The zero-order valence-electron chi connectivity index (χ0n) is 12.0. The second-order valence-electron chi connectivity index (χ2n) is 5.55. The second-order valence-corrected chi connectivity index (χ2v) is 5.55. The highest BCUT2D eigenvalue weighted by Gasteiger charge is 2.23. The van der Waals surface area contributed by atoms with Crippen LogP contribution in [0.4, 0.5) is 8.78 Å². The number of benzene rings is 1. The summed E-state index contributed by atoms with van der Waals surface area (Å²) in [5.74, 6) is -3.00. The fourth-order valence-corrected chi connectivity index (χ4v) is 1.52. The van der Waals surface area contributed by atoms with Gasteiger partial charge < -0.3 is 15.2 Å². The van der Waals surface area contributed by atoms with Gasteiger partial charge in [0.15, 0.2) is 23.5 Å². The molecule has 1 rings (SSSR count). The molecule has 0 aliphatic rings. The Labute approximate surface area is 116 Å². The van der Waals surface area contributed by atoms with Crippen LogP contribution in [0.25, 0.3) is 0 Å². The molecular weight excluding hydrogens is 268 g/mol. The van der Waals surface area contributed by atoms with Gasteiger partial charge in [-0.3, -0.25) is 4.79 Å². The third-order valence-corrected chi connectivity index (χ3v) is 2.40. The van der Waals surface area contributed by atoms with Crippen molar-refractivity contribution in [3.05, 3.63) is 29.3 Å². The van der Waals surface area contributed by atoms with E-state index in [2.05, 4.69) is 5.32 Å². The molecule has 1 aromatic rings. The van der Waals surface area contributed by atoms with Gasteiger partial charge in [-0.25, -0.2) is 8.78 Å². The molecule has 0 fully saturated rings. The molecule has 1 aromatic carbocycles. The summed E-state index contributed by atoms with van der Waals surface area (Å²) in [4.78, 5) is 11.8. The minimum absolute atomic E-state index is 0.0964. The summed E-state index contributed by atoms with van der Waals surface area (Å²) in [5, 5.41) is 11.5. The fraction of sp³-hybridized carbons (Fsp3) is 0.500. The van der Waals surface area contributed by atoms with Crippen LogP contribution in [0.3, 0.4) is 0 Å². The molecule has 1 unspecified atom stereocenters. The minimum atomic E-state index is -1.04. The van der Waals surface area contributed by atoms with Crippen molar-refractivity contribution in [2.45, 2.75) is 45.9 Å². The van der Waals surface area contributed by atoms with Gasteiger partial charge in [0.25, 0.3) is 5.91 Å². The van der Waals surface area contributed by atoms with Crippen molar-refractivity contribution in [3.8, 4) is 5.75 Å². The third-order valence-electron chi connectivity index (χ3n) is 2.40. The highest BCUT2D eigenvalue weighted by molar-refractivity contribution is 5.81. The molecule has 2 N–H and O–H groups in total. The number of rotatable bonds is 4. The maximum Gasteiger partial charge on any atom is 0.261 e. The van der Waals surface area contributed by atoms with Crippen LogP contribution in [0.2, 0.25) is 0 Å². The van der Waals surface area contributed by atoms with E-state index in [0.29, 0.717) is 0 Å². The van der Waals surface area contributed by atoms with Crippen molar-refractivity contribution in [1.29, 1.82) is 0 Å².